The van der Waals surface area contributed by atoms with Crippen LogP contribution in [0.4, 0.5) is 11.6 Å². The molecule has 1 aromatic heterocycles. The van der Waals surface area contributed by atoms with Crippen LogP contribution in [0, 0.1) is 0 Å². The van der Waals surface area contributed by atoms with Crippen molar-refractivity contribution in [1.82, 2.24) is 0 Å². The van der Waals surface area contributed by atoms with E-state index in [4.69, 9.17) is 4.42 Å². The molecule has 5 aromatic carbocycles. The van der Waals surface area contributed by atoms with E-state index in [9.17, 15) is 0 Å². The molecule has 0 amide bonds. The number of fused-ring (bicyclic) bond motifs is 7. The highest BCUT2D eigenvalue weighted by Gasteiger charge is 2.16. The van der Waals surface area contributed by atoms with Gasteiger partial charge in [-0.1, -0.05) is 87.5 Å². The summed E-state index contributed by atoms with van der Waals surface area (Å²) < 4.78 is 6.18. The molecular weight excluding hydrogens is 390 g/mol. The molecule has 0 aliphatic carbocycles. The van der Waals surface area contributed by atoms with Gasteiger partial charge in [-0.2, -0.15) is 0 Å². The van der Waals surface area contributed by atoms with Gasteiger partial charge in [0.25, 0.3) is 0 Å². The molecule has 156 valence electrons. The predicted octanol–water partition coefficient (Wildman–Crippen LogP) is 8.93. The van der Waals surface area contributed by atoms with Crippen LogP contribution in [-0.4, -0.2) is 0 Å². The van der Waals surface area contributed by atoms with Gasteiger partial charge in [-0.3, -0.25) is 0 Å². The molecule has 0 spiro atoms. The number of benzene rings is 5. The van der Waals surface area contributed by atoms with E-state index in [1.54, 1.807) is 0 Å². The lowest BCUT2D eigenvalue weighted by molar-refractivity contribution is 0.590. The van der Waals surface area contributed by atoms with E-state index in [-0.39, 0.29) is 5.41 Å². The van der Waals surface area contributed by atoms with Gasteiger partial charge in [0.15, 0.2) is 5.88 Å². The zero-order valence-corrected chi connectivity index (χ0v) is 18.6. The first-order valence-electron chi connectivity index (χ1n) is 11.1. The molecule has 0 saturated carbocycles. The van der Waals surface area contributed by atoms with Crippen LogP contribution in [0.1, 0.15) is 26.3 Å². The molecule has 6 aromatic rings. The molecular formula is C30H25NO. The number of anilines is 2. The molecule has 1 N–H and O–H groups in total. The summed E-state index contributed by atoms with van der Waals surface area (Å²) in [6.07, 6.45) is 0. The maximum Gasteiger partial charge on any atom is 0.198 e. The number of hydrogen-bond donors (Lipinski definition) is 1. The standard InChI is InChI=1S/C30H25NO/c1-30(2,3)20-15-16-27-19(17-20)18-28(32-27)31-26-14-8-13-25-23-10-5-4-9-21(23)22-11-6-7-12-24(22)29(25)26/h4-18,31H,1-3H3. The van der Waals surface area contributed by atoms with Crippen LogP contribution >= 0.6 is 0 Å². The van der Waals surface area contributed by atoms with Crippen molar-refractivity contribution in [3.8, 4) is 0 Å². The smallest absolute Gasteiger partial charge is 0.198 e. The Morgan fingerprint density at radius 1 is 0.625 bits per heavy atom. The van der Waals surface area contributed by atoms with Gasteiger partial charge in [-0.05, 0) is 56.1 Å². The van der Waals surface area contributed by atoms with E-state index >= 15 is 0 Å². The van der Waals surface area contributed by atoms with E-state index in [1.165, 1.54) is 37.9 Å². The summed E-state index contributed by atoms with van der Waals surface area (Å²) in [5.74, 6) is 0.760. The van der Waals surface area contributed by atoms with Gasteiger partial charge < -0.3 is 9.73 Å². The van der Waals surface area contributed by atoms with Gasteiger partial charge in [0.2, 0.25) is 0 Å². The Morgan fingerprint density at radius 2 is 1.22 bits per heavy atom. The summed E-state index contributed by atoms with van der Waals surface area (Å²) in [5, 5.41) is 12.2. The third kappa shape index (κ3) is 2.95. The molecule has 0 unspecified atom stereocenters. The zero-order valence-electron chi connectivity index (χ0n) is 18.6. The van der Waals surface area contributed by atoms with Crippen LogP contribution in [-0.2, 0) is 5.41 Å². The average Bonchev–Trinajstić information content (AvgIpc) is 3.20. The van der Waals surface area contributed by atoms with Gasteiger partial charge in [0.1, 0.15) is 5.58 Å². The third-order valence-electron chi connectivity index (χ3n) is 6.41. The maximum absolute atomic E-state index is 6.18. The lowest BCUT2D eigenvalue weighted by Gasteiger charge is -2.18. The molecule has 0 radical (unpaired) electrons. The SMILES string of the molecule is CC(C)(C)c1ccc2oc(Nc3cccc4c5ccccc5c5ccccc5c34)cc2c1. The predicted molar refractivity (Wildman–Crippen MR) is 137 cm³/mol. The normalized spacial score (nSPS) is 12.2. The Bertz CT molecular complexity index is 1590. The Hall–Kier alpha value is -3.78. The highest BCUT2D eigenvalue weighted by atomic mass is 16.3. The molecule has 0 fully saturated rings. The number of nitrogens with one attached hydrogen (secondary N) is 1. The van der Waals surface area contributed by atoms with Gasteiger partial charge >= 0.3 is 0 Å². The largest absolute Gasteiger partial charge is 0.440 e. The topological polar surface area (TPSA) is 25.2 Å². The lowest BCUT2D eigenvalue weighted by Crippen LogP contribution is -2.10. The molecule has 6 rings (SSSR count). The Kier molecular flexibility index (Phi) is 4.06. The summed E-state index contributed by atoms with van der Waals surface area (Å²) >= 11 is 0. The van der Waals surface area contributed by atoms with Gasteiger partial charge in [-0.15, -0.1) is 0 Å². The van der Waals surface area contributed by atoms with Crippen molar-refractivity contribution in [2.75, 3.05) is 5.32 Å². The van der Waals surface area contributed by atoms with E-state index in [0.29, 0.717) is 0 Å². The van der Waals surface area contributed by atoms with Gasteiger partial charge in [-0.25, -0.2) is 0 Å². The number of rotatable bonds is 2. The minimum absolute atomic E-state index is 0.106. The second kappa shape index (κ2) is 6.86. The second-order valence-electron chi connectivity index (χ2n) is 9.56. The molecule has 32 heavy (non-hydrogen) atoms. The first-order valence-corrected chi connectivity index (χ1v) is 11.1. The van der Waals surface area contributed by atoms with Crippen molar-refractivity contribution in [1.29, 1.82) is 0 Å². The molecule has 0 atom stereocenters. The summed E-state index contributed by atoms with van der Waals surface area (Å²) in [7, 11) is 0. The highest BCUT2D eigenvalue weighted by Crippen LogP contribution is 2.40. The van der Waals surface area contributed by atoms with Crippen LogP contribution in [0.2, 0.25) is 0 Å². The van der Waals surface area contributed by atoms with E-state index in [1.807, 2.05) is 0 Å². The zero-order chi connectivity index (χ0) is 21.9. The van der Waals surface area contributed by atoms with Crippen molar-refractivity contribution in [3.05, 3.63) is 96.6 Å². The van der Waals surface area contributed by atoms with Crippen LogP contribution in [0.3, 0.4) is 0 Å². The number of hydrogen-bond acceptors (Lipinski definition) is 2. The quantitative estimate of drug-likeness (QED) is 0.286. The average molecular weight is 416 g/mol. The summed E-state index contributed by atoms with van der Waals surface area (Å²) in [6, 6.07) is 32.3. The molecule has 0 aliphatic heterocycles. The Morgan fingerprint density at radius 3 is 1.88 bits per heavy atom. The van der Waals surface area contributed by atoms with Crippen molar-refractivity contribution in [2.45, 2.75) is 26.2 Å². The first kappa shape index (κ1) is 18.9. The molecule has 1 heterocycles. The second-order valence-corrected chi connectivity index (χ2v) is 9.56. The van der Waals surface area contributed by atoms with Crippen molar-refractivity contribution < 1.29 is 4.42 Å². The minimum Gasteiger partial charge on any atom is -0.440 e. The molecule has 2 nitrogen and oxygen atoms in total. The Labute approximate surface area is 187 Å². The number of furan rings is 1. The summed E-state index contributed by atoms with van der Waals surface area (Å²) in [4.78, 5) is 0. The fourth-order valence-corrected chi connectivity index (χ4v) is 4.76. The first-order chi connectivity index (χ1) is 15.5. The van der Waals surface area contributed by atoms with Gasteiger partial charge in [0, 0.05) is 22.5 Å². The fourth-order valence-electron chi connectivity index (χ4n) is 4.76. The third-order valence-corrected chi connectivity index (χ3v) is 6.41. The molecule has 0 aliphatic rings. The monoisotopic (exact) mass is 415 g/mol. The van der Waals surface area contributed by atoms with Crippen molar-refractivity contribution in [3.63, 3.8) is 0 Å². The maximum atomic E-state index is 6.18. The van der Waals surface area contributed by atoms with Crippen molar-refractivity contribution >= 4 is 54.9 Å². The lowest BCUT2D eigenvalue weighted by atomic mass is 9.86. The van der Waals surface area contributed by atoms with Crippen LogP contribution < -0.4 is 5.32 Å². The molecule has 0 saturated heterocycles. The summed E-state index contributed by atoms with van der Waals surface area (Å²) in [5.41, 5.74) is 3.37. The fraction of sp³-hybridized carbons (Fsp3) is 0.133. The van der Waals surface area contributed by atoms with Gasteiger partial charge in [0.05, 0.1) is 0 Å². The van der Waals surface area contributed by atoms with Crippen LogP contribution in [0.15, 0.2) is 95.4 Å². The highest BCUT2D eigenvalue weighted by molar-refractivity contribution is 6.28. The van der Waals surface area contributed by atoms with Crippen molar-refractivity contribution in [2.24, 2.45) is 0 Å². The molecule has 2 heteroatoms. The van der Waals surface area contributed by atoms with E-state index in [2.05, 4.69) is 117 Å². The molecule has 0 bridgehead atoms. The van der Waals surface area contributed by atoms with Crippen LogP contribution in [0.5, 0.6) is 0 Å². The minimum atomic E-state index is 0.106. The summed E-state index contributed by atoms with van der Waals surface area (Å²) in [6.45, 7) is 6.71. The van der Waals surface area contributed by atoms with Crippen LogP contribution in [0.25, 0.3) is 43.3 Å². The van der Waals surface area contributed by atoms with E-state index in [0.717, 1.165) is 22.5 Å². The van der Waals surface area contributed by atoms with E-state index < -0.39 is 0 Å². The Balaban J connectivity index is 1.56.